The molecule has 5 rings (SSSR count). The van der Waals surface area contributed by atoms with Gasteiger partial charge < -0.3 is 15.1 Å². The summed E-state index contributed by atoms with van der Waals surface area (Å²) < 4.78 is 0. The molecule has 0 saturated carbocycles. The maximum atomic E-state index is 9.55. The fourth-order valence-electron chi connectivity index (χ4n) is 4.52. The van der Waals surface area contributed by atoms with Crippen LogP contribution in [-0.2, 0) is 16.1 Å². The molecule has 1 atom stereocenters. The van der Waals surface area contributed by atoms with Crippen molar-refractivity contribution in [2.24, 2.45) is 0 Å². The number of fused-ring (bicyclic) bond motifs is 2. The van der Waals surface area contributed by atoms with E-state index >= 15 is 0 Å². The Morgan fingerprint density at radius 1 is 0.917 bits per heavy atom. The number of anilines is 2. The first-order valence-electron chi connectivity index (χ1n) is 11.7. The fraction of sp³-hybridized carbons (Fsp3) is 0.214. The monoisotopic (exact) mass is 522 g/mol. The van der Waals surface area contributed by atoms with Crippen LogP contribution < -0.4 is 4.90 Å². The van der Waals surface area contributed by atoms with Gasteiger partial charge in [0, 0.05) is 46.1 Å². The summed E-state index contributed by atoms with van der Waals surface area (Å²) in [6.45, 7) is 3.25. The molecule has 0 bridgehead atoms. The summed E-state index contributed by atoms with van der Waals surface area (Å²) in [4.78, 5) is 26.9. The Labute approximate surface area is 219 Å². The van der Waals surface area contributed by atoms with E-state index in [1.54, 1.807) is 0 Å². The largest absolute Gasteiger partial charge is 0.478 e. The zero-order chi connectivity index (χ0) is 25.5. The van der Waals surface area contributed by atoms with Crippen LogP contribution in [0.3, 0.4) is 0 Å². The van der Waals surface area contributed by atoms with Crippen molar-refractivity contribution in [1.29, 1.82) is 0 Å². The van der Waals surface area contributed by atoms with Gasteiger partial charge in [0.15, 0.2) is 0 Å². The Kier molecular flexibility index (Phi) is 8.70. The van der Waals surface area contributed by atoms with Crippen molar-refractivity contribution < 1.29 is 19.8 Å². The summed E-state index contributed by atoms with van der Waals surface area (Å²) in [6.07, 6.45) is 3.54. The third kappa shape index (κ3) is 6.69. The first-order valence-corrected chi connectivity index (χ1v) is 12.9. The first kappa shape index (κ1) is 25.8. The molecule has 0 spiro atoms. The Morgan fingerprint density at radius 2 is 1.58 bits per heavy atom. The molecule has 2 N–H and O–H groups in total. The van der Waals surface area contributed by atoms with Crippen LogP contribution in [0.1, 0.15) is 18.4 Å². The number of hydrogen-bond donors (Lipinski definition) is 2. The van der Waals surface area contributed by atoms with E-state index in [-0.39, 0.29) is 0 Å². The lowest BCUT2D eigenvalue weighted by molar-refractivity contribution is -0.134. The minimum absolute atomic E-state index is 0.455. The predicted octanol–water partition coefficient (Wildman–Crippen LogP) is 6.32. The smallest absolute Gasteiger partial charge is 0.328 e. The van der Waals surface area contributed by atoms with Gasteiger partial charge in [-0.2, -0.15) is 0 Å². The highest BCUT2D eigenvalue weighted by atomic mass is 35.5. The Hall–Kier alpha value is -3.26. The maximum Gasteiger partial charge on any atom is 0.328 e. The minimum Gasteiger partial charge on any atom is -0.478 e. The van der Waals surface area contributed by atoms with Crippen LogP contribution in [0.5, 0.6) is 0 Å². The number of nitrogens with zero attached hydrogens (tertiary/aromatic N) is 2. The van der Waals surface area contributed by atoms with E-state index in [2.05, 4.69) is 76.5 Å². The van der Waals surface area contributed by atoms with Crippen LogP contribution in [0.15, 0.2) is 94.7 Å². The molecule has 0 aromatic heterocycles. The molecule has 0 aliphatic carbocycles. The molecule has 3 aromatic carbocycles. The van der Waals surface area contributed by atoms with Crippen molar-refractivity contribution in [3.8, 4) is 0 Å². The Bertz CT molecular complexity index is 1240. The molecule has 2 aliphatic heterocycles. The summed E-state index contributed by atoms with van der Waals surface area (Å²) in [5.74, 6) is -2.51. The molecule has 1 unspecified atom stereocenters. The van der Waals surface area contributed by atoms with Gasteiger partial charge in [0.2, 0.25) is 0 Å². The topological polar surface area (TPSA) is 81.1 Å². The molecule has 8 heteroatoms. The van der Waals surface area contributed by atoms with Crippen LogP contribution in [-0.4, -0.2) is 46.2 Å². The van der Waals surface area contributed by atoms with Crippen LogP contribution >= 0.6 is 23.4 Å². The lowest BCUT2D eigenvalue weighted by atomic mass is 10.0. The normalized spacial score (nSPS) is 17.0. The number of piperidine rings is 1. The van der Waals surface area contributed by atoms with Gasteiger partial charge in [-0.25, -0.2) is 9.59 Å². The highest BCUT2D eigenvalue weighted by Gasteiger charge is 2.32. The fourth-order valence-corrected chi connectivity index (χ4v) is 5.74. The number of likely N-dealkylation sites (tertiary alicyclic amines) is 1. The Morgan fingerprint density at radius 3 is 2.31 bits per heavy atom. The van der Waals surface area contributed by atoms with Crippen LogP contribution in [0.25, 0.3) is 0 Å². The number of carboxylic acids is 2. The second-order valence-electron chi connectivity index (χ2n) is 8.58. The highest BCUT2D eigenvalue weighted by molar-refractivity contribution is 7.99. The molecule has 1 fully saturated rings. The number of rotatable bonds is 5. The number of carbonyl (C=O) groups is 2. The third-order valence-corrected chi connectivity index (χ3v) is 7.35. The van der Waals surface area contributed by atoms with Gasteiger partial charge >= 0.3 is 11.9 Å². The second kappa shape index (κ2) is 12.1. The van der Waals surface area contributed by atoms with Gasteiger partial charge in [-0.1, -0.05) is 65.8 Å². The van der Waals surface area contributed by atoms with E-state index in [0.717, 1.165) is 24.7 Å². The molecule has 3 aromatic rings. The SMILES string of the molecule is Clc1ccc2c(c1)N(C1CCCN(Cc3ccccc3)C1)c1ccccc1S2.O=C(O)/C=C/C(=O)O. The van der Waals surface area contributed by atoms with E-state index in [0.29, 0.717) is 18.2 Å². The van der Waals surface area contributed by atoms with E-state index in [4.69, 9.17) is 21.8 Å². The van der Waals surface area contributed by atoms with Crippen molar-refractivity contribution in [3.05, 3.63) is 95.5 Å². The predicted molar refractivity (Wildman–Crippen MR) is 143 cm³/mol. The molecular weight excluding hydrogens is 496 g/mol. The van der Waals surface area contributed by atoms with Gasteiger partial charge in [-0.05, 0) is 55.3 Å². The zero-order valence-corrected chi connectivity index (χ0v) is 21.2. The molecule has 1 saturated heterocycles. The van der Waals surface area contributed by atoms with E-state index in [9.17, 15) is 9.59 Å². The summed E-state index contributed by atoms with van der Waals surface area (Å²) in [5, 5.41) is 16.4. The van der Waals surface area contributed by atoms with Crippen LogP contribution in [0.2, 0.25) is 5.02 Å². The second-order valence-corrected chi connectivity index (χ2v) is 10.1. The number of aliphatic carboxylic acids is 2. The van der Waals surface area contributed by atoms with Crippen molar-refractivity contribution in [2.75, 3.05) is 18.0 Å². The van der Waals surface area contributed by atoms with Gasteiger partial charge in [0.05, 0.1) is 11.4 Å². The maximum absolute atomic E-state index is 9.55. The summed E-state index contributed by atoms with van der Waals surface area (Å²) in [5.41, 5.74) is 3.96. The quantitative estimate of drug-likeness (QED) is 0.379. The van der Waals surface area contributed by atoms with Gasteiger partial charge in [0.1, 0.15) is 0 Å². The molecule has 0 radical (unpaired) electrons. The lowest BCUT2D eigenvalue weighted by Crippen LogP contribution is -2.46. The average Bonchev–Trinajstić information content (AvgIpc) is 2.87. The Balaban J connectivity index is 0.000000331. The van der Waals surface area contributed by atoms with Crippen molar-refractivity contribution in [3.63, 3.8) is 0 Å². The van der Waals surface area contributed by atoms with Crippen LogP contribution in [0.4, 0.5) is 11.4 Å². The standard InChI is InChI=1S/C24H23ClN2S.C4H4O4/c25-19-12-13-24-22(15-19)27(21-10-4-5-11-23(21)28-24)20-9-6-14-26(17-20)16-18-7-2-1-3-8-18;5-3(6)1-2-4(7)8/h1-5,7-8,10-13,15,20H,6,9,14,16-17H2;1-2H,(H,5,6)(H,7,8)/b;2-1+. The molecule has 0 amide bonds. The van der Waals surface area contributed by atoms with Gasteiger partial charge in [-0.15, -0.1) is 0 Å². The van der Waals surface area contributed by atoms with E-state index in [1.807, 2.05) is 17.8 Å². The first-order chi connectivity index (χ1) is 17.4. The molecule has 36 heavy (non-hydrogen) atoms. The van der Waals surface area contributed by atoms with E-state index < -0.39 is 11.9 Å². The number of carboxylic acid groups (broad SMARTS) is 2. The van der Waals surface area contributed by atoms with Crippen molar-refractivity contribution >= 4 is 46.7 Å². The lowest BCUT2D eigenvalue weighted by Gasteiger charge is -2.43. The summed E-state index contributed by atoms with van der Waals surface area (Å²) >= 11 is 8.25. The number of halogens is 1. The third-order valence-electron chi connectivity index (χ3n) is 5.99. The van der Waals surface area contributed by atoms with Gasteiger partial charge in [0.25, 0.3) is 0 Å². The number of para-hydroxylation sites is 1. The molecular formula is C28H27ClN2O4S. The van der Waals surface area contributed by atoms with Crippen molar-refractivity contribution in [1.82, 2.24) is 4.90 Å². The molecule has 186 valence electrons. The summed E-state index contributed by atoms with van der Waals surface area (Å²) in [6, 6.07) is 26.3. The van der Waals surface area contributed by atoms with Crippen LogP contribution in [0, 0.1) is 0 Å². The van der Waals surface area contributed by atoms with Gasteiger partial charge in [-0.3, -0.25) is 4.90 Å². The molecule has 2 aliphatic rings. The van der Waals surface area contributed by atoms with Crippen molar-refractivity contribution in [2.45, 2.75) is 35.2 Å². The number of benzene rings is 3. The summed E-state index contributed by atoms with van der Waals surface area (Å²) in [7, 11) is 0. The number of hydrogen-bond acceptors (Lipinski definition) is 5. The molecule has 2 heterocycles. The molecule has 6 nitrogen and oxygen atoms in total. The minimum atomic E-state index is -1.26. The zero-order valence-electron chi connectivity index (χ0n) is 19.6. The highest BCUT2D eigenvalue weighted by Crippen LogP contribution is 2.50. The average molecular weight is 523 g/mol. The van der Waals surface area contributed by atoms with E-state index in [1.165, 1.54) is 39.6 Å².